The van der Waals surface area contributed by atoms with E-state index in [0.29, 0.717) is 36.9 Å². The van der Waals surface area contributed by atoms with Crippen molar-refractivity contribution in [3.8, 4) is 16.9 Å². The summed E-state index contributed by atoms with van der Waals surface area (Å²) in [6, 6.07) is 13.3. The molecule has 1 saturated heterocycles. The van der Waals surface area contributed by atoms with Gasteiger partial charge in [-0.3, -0.25) is 0 Å². The van der Waals surface area contributed by atoms with Crippen molar-refractivity contribution in [1.82, 2.24) is 23.9 Å². The third kappa shape index (κ3) is 3.88. The van der Waals surface area contributed by atoms with Gasteiger partial charge < -0.3 is 9.64 Å². The van der Waals surface area contributed by atoms with Crippen LogP contribution in [0, 0.1) is 13.8 Å². The zero-order valence-electron chi connectivity index (χ0n) is 19.3. The van der Waals surface area contributed by atoms with Crippen molar-refractivity contribution in [1.29, 1.82) is 0 Å². The average Bonchev–Trinajstić information content (AvgIpc) is 3.34. The smallest absolute Gasteiger partial charge is 0.254 e. The Kier molecular flexibility index (Phi) is 5.70. The average molecular weight is 479 g/mol. The Morgan fingerprint density at radius 1 is 0.941 bits per heavy atom. The van der Waals surface area contributed by atoms with Crippen LogP contribution in [-0.4, -0.2) is 65.6 Å². The normalized spacial score (nSPS) is 15.1. The van der Waals surface area contributed by atoms with E-state index in [1.54, 1.807) is 28.2 Å². The number of aromatic nitrogens is 4. The van der Waals surface area contributed by atoms with Crippen molar-refractivity contribution in [3.63, 3.8) is 0 Å². The van der Waals surface area contributed by atoms with Crippen molar-refractivity contribution in [2.45, 2.75) is 18.7 Å². The number of sulfonamides is 1. The van der Waals surface area contributed by atoms with Crippen LogP contribution in [0.2, 0.25) is 0 Å². The molecule has 0 spiro atoms. The molecule has 0 aliphatic carbocycles. The van der Waals surface area contributed by atoms with Gasteiger partial charge in [0.2, 0.25) is 10.0 Å². The molecule has 1 fully saturated rings. The maximum absolute atomic E-state index is 13.4. The van der Waals surface area contributed by atoms with E-state index in [1.807, 2.05) is 50.2 Å². The first-order valence-electron chi connectivity index (χ1n) is 11.0. The number of ether oxygens (including phenoxy) is 1. The quantitative estimate of drug-likeness (QED) is 0.435. The highest BCUT2D eigenvalue weighted by atomic mass is 32.2. The van der Waals surface area contributed by atoms with E-state index in [4.69, 9.17) is 4.74 Å². The van der Waals surface area contributed by atoms with Crippen LogP contribution in [0.4, 0.5) is 5.82 Å². The molecular weight excluding hydrogens is 452 g/mol. The van der Waals surface area contributed by atoms with E-state index in [-0.39, 0.29) is 0 Å². The molecule has 5 rings (SSSR count). The topological polar surface area (TPSA) is 92.9 Å². The Labute approximate surface area is 198 Å². The zero-order chi connectivity index (χ0) is 23.9. The molecule has 9 nitrogen and oxygen atoms in total. The molecule has 0 radical (unpaired) electrons. The Morgan fingerprint density at radius 3 is 2.38 bits per heavy atom. The van der Waals surface area contributed by atoms with E-state index in [1.165, 1.54) is 6.33 Å². The Bertz CT molecular complexity index is 1440. The highest BCUT2D eigenvalue weighted by molar-refractivity contribution is 7.89. The molecule has 0 bridgehead atoms. The second-order valence-corrected chi connectivity index (χ2v) is 10.3. The number of aryl methyl sites for hydroxylation is 2. The van der Waals surface area contributed by atoms with Gasteiger partial charge in [0.15, 0.2) is 0 Å². The number of anilines is 1. The number of hydrogen-bond donors (Lipinski definition) is 0. The molecule has 0 unspecified atom stereocenters. The first-order valence-corrected chi connectivity index (χ1v) is 12.5. The monoisotopic (exact) mass is 478 g/mol. The molecule has 1 aliphatic rings. The van der Waals surface area contributed by atoms with Gasteiger partial charge in [-0.25, -0.2) is 13.4 Å². The SMILES string of the molecule is COc1ccc(-c2cnc3ncnn3c2N2CCN(S(=O)(=O)c3cc(C)ccc3C)CC2)cc1. The van der Waals surface area contributed by atoms with E-state index >= 15 is 0 Å². The van der Waals surface area contributed by atoms with Gasteiger partial charge in [0.05, 0.1) is 12.0 Å². The minimum absolute atomic E-state index is 0.371. The summed E-state index contributed by atoms with van der Waals surface area (Å²) in [6.07, 6.45) is 3.27. The van der Waals surface area contributed by atoms with E-state index in [2.05, 4.69) is 20.0 Å². The minimum Gasteiger partial charge on any atom is -0.497 e. The van der Waals surface area contributed by atoms with Crippen LogP contribution >= 0.6 is 0 Å². The first kappa shape index (κ1) is 22.3. The number of fused-ring (bicyclic) bond motifs is 1. The highest BCUT2D eigenvalue weighted by Gasteiger charge is 2.31. The summed E-state index contributed by atoms with van der Waals surface area (Å²) in [6.45, 7) is 5.52. The fraction of sp³-hybridized carbons (Fsp3) is 0.292. The molecule has 1 aliphatic heterocycles. The van der Waals surface area contributed by atoms with Gasteiger partial charge in [0.1, 0.15) is 17.9 Å². The summed E-state index contributed by atoms with van der Waals surface area (Å²) in [5.74, 6) is 2.11. The van der Waals surface area contributed by atoms with Gasteiger partial charge in [-0.15, -0.1) is 0 Å². The van der Waals surface area contributed by atoms with Crippen molar-refractivity contribution >= 4 is 21.6 Å². The van der Waals surface area contributed by atoms with Crippen LogP contribution in [0.15, 0.2) is 59.9 Å². The van der Waals surface area contributed by atoms with Gasteiger partial charge >= 0.3 is 0 Å². The van der Waals surface area contributed by atoms with Crippen LogP contribution in [-0.2, 0) is 10.0 Å². The molecule has 176 valence electrons. The molecular formula is C24H26N6O3S. The molecule has 10 heteroatoms. The lowest BCUT2D eigenvalue weighted by Crippen LogP contribution is -2.49. The van der Waals surface area contributed by atoms with Gasteiger partial charge in [0, 0.05) is 37.9 Å². The maximum atomic E-state index is 13.4. The molecule has 34 heavy (non-hydrogen) atoms. The highest BCUT2D eigenvalue weighted by Crippen LogP contribution is 2.33. The second-order valence-electron chi connectivity index (χ2n) is 8.36. The van der Waals surface area contributed by atoms with Gasteiger partial charge in [0.25, 0.3) is 5.78 Å². The summed E-state index contributed by atoms with van der Waals surface area (Å²) in [5.41, 5.74) is 3.54. The summed E-state index contributed by atoms with van der Waals surface area (Å²) in [5, 5.41) is 4.40. The fourth-order valence-electron chi connectivity index (χ4n) is 4.31. The summed E-state index contributed by atoms with van der Waals surface area (Å²) >= 11 is 0. The lowest BCUT2D eigenvalue weighted by Gasteiger charge is -2.36. The number of rotatable bonds is 5. The molecule has 0 amide bonds. The first-order chi connectivity index (χ1) is 16.4. The number of hydrogen-bond acceptors (Lipinski definition) is 7. The van der Waals surface area contributed by atoms with Crippen LogP contribution in [0.3, 0.4) is 0 Å². The van der Waals surface area contributed by atoms with Crippen LogP contribution < -0.4 is 9.64 Å². The number of nitrogens with zero attached hydrogens (tertiary/aromatic N) is 6. The van der Waals surface area contributed by atoms with Gasteiger partial charge in [-0.2, -0.15) is 18.9 Å². The van der Waals surface area contributed by atoms with E-state index in [9.17, 15) is 8.42 Å². The largest absolute Gasteiger partial charge is 0.497 e. The van der Waals surface area contributed by atoms with E-state index in [0.717, 1.165) is 33.8 Å². The molecule has 0 atom stereocenters. The van der Waals surface area contributed by atoms with Crippen LogP contribution in [0.25, 0.3) is 16.9 Å². The molecule has 2 aromatic carbocycles. The molecule has 0 N–H and O–H groups in total. The Balaban J connectivity index is 1.47. The van der Waals surface area contributed by atoms with Crippen LogP contribution in [0.5, 0.6) is 5.75 Å². The van der Waals surface area contributed by atoms with Crippen molar-refractivity contribution in [2.24, 2.45) is 0 Å². The molecule has 4 aromatic rings. The molecule has 0 saturated carbocycles. The van der Waals surface area contributed by atoms with Crippen molar-refractivity contribution in [3.05, 3.63) is 66.1 Å². The number of benzene rings is 2. The summed E-state index contributed by atoms with van der Waals surface area (Å²) < 4.78 is 35.3. The van der Waals surface area contributed by atoms with E-state index < -0.39 is 10.0 Å². The second kappa shape index (κ2) is 8.69. The third-order valence-electron chi connectivity index (χ3n) is 6.18. The lowest BCUT2D eigenvalue weighted by atomic mass is 10.1. The lowest BCUT2D eigenvalue weighted by molar-refractivity contribution is 0.383. The predicted octanol–water partition coefficient (Wildman–Crippen LogP) is 2.93. The van der Waals surface area contributed by atoms with Gasteiger partial charge in [-0.05, 0) is 48.7 Å². The molecule has 2 aromatic heterocycles. The third-order valence-corrected chi connectivity index (χ3v) is 8.22. The standard InChI is InChI=1S/C24H26N6O3S/c1-17-4-5-18(2)22(14-17)34(31,32)29-12-10-28(11-13-29)23-21(15-25-24-26-16-27-30(23)24)19-6-8-20(33-3)9-7-19/h4-9,14-16H,10-13H2,1-3H3. The zero-order valence-corrected chi connectivity index (χ0v) is 20.2. The van der Waals surface area contributed by atoms with Crippen LogP contribution in [0.1, 0.15) is 11.1 Å². The number of methoxy groups -OCH3 is 1. The summed E-state index contributed by atoms with van der Waals surface area (Å²) in [7, 11) is -1.94. The predicted molar refractivity (Wildman–Crippen MR) is 130 cm³/mol. The maximum Gasteiger partial charge on any atom is 0.254 e. The molecule has 3 heterocycles. The summed E-state index contributed by atoms with van der Waals surface area (Å²) in [4.78, 5) is 11.2. The Hall–Kier alpha value is -3.50. The number of piperazine rings is 1. The Morgan fingerprint density at radius 2 is 1.68 bits per heavy atom. The minimum atomic E-state index is -3.58. The van der Waals surface area contributed by atoms with Crippen molar-refractivity contribution < 1.29 is 13.2 Å². The van der Waals surface area contributed by atoms with Crippen molar-refractivity contribution in [2.75, 3.05) is 38.2 Å². The van der Waals surface area contributed by atoms with Gasteiger partial charge in [-0.1, -0.05) is 24.3 Å². The fourth-order valence-corrected chi connectivity index (χ4v) is 6.04.